The molecule has 168 valence electrons. The van der Waals surface area contributed by atoms with E-state index in [2.05, 4.69) is 4.72 Å². The molecule has 2 aromatic carbocycles. The summed E-state index contributed by atoms with van der Waals surface area (Å²) >= 11 is 11.9. The summed E-state index contributed by atoms with van der Waals surface area (Å²) < 4.78 is 65.8. The number of benzene rings is 2. The number of aliphatic hydroxyl groups is 1. The van der Waals surface area contributed by atoms with E-state index in [0.717, 1.165) is 12.1 Å². The molecule has 0 saturated carbocycles. The normalized spacial score (nSPS) is 13.9. The summed E-state index contributed by atoms with van der Waals surface area (Å²) in [6.45, 7) is 1.59. The molecule has 31 heavy (non-hydrogen) atoms. The minimum absolute atomic E-state index is 0.107. The molecule has 0 unspecified atom stereocenters. The maximum absolute atomic E-state index is 12.8. The summed E-state index contributed by atoms with van der Waals surface area (Å²) in [6.07, 6.45) is -5.27. The molecule has 0 heterocycles. The molecule has 2 rings (SSSR count). The van der Waals surface area contributed by atoms with E-state index in [1.807, 2.05) is 0 Å². The summed E-state index contributed by atoms with van der Waals surface area (Å²) in [4.78, 5) is 22.6. The van der Waals surface area contributed by atoms with Gasteiger partial charge in [-0.3, -0.25) is 14.3 Å². The van der Waals surface area contributed by atoms with Crippen LogP contribution >= 0.6 is 23.2 Å². The molecule has 0 saturated heterocycles. The Morgan fingerprint density at radius 1 is 1.00 bits per heavy atom. The fourth-order valence-corrected chi connectivity index (χ4v) is 4.07. The molecule has 2 aromatic rings. The van der Waals surface area contributed by atoms with Gasteiger partial charge in [-0.15, -0.1) is 0 Å². The second-order valence-corrected chi connectivity index (χ2v) is 8.91. The van der Waals surface area contributed by atoms with Crippen LogP contribution in [0.2, 0.25) is 10.0 Å². The highest BCUT2D eigenvalue weighted by Gasteiger charge is 2.55. The fraction of sp³-hybridized carbons (Fsp3) is 0.222. The van der Waals surface area contributed by atoms with Crippen molar-refractivity contribution in [2.24, 2.45) is 0 Å². The van der Waals surface area contributed by atoms with E-state index in [1.165, 1.54) is 31.2 Å². The molecule has 0 radical (unpaired) electrons. The first-order valence-corrected chi connectivity index (χ1v) is 10.5. The first kappa shape index (κ1) is 24.9. The van der Waals surface area contributed by atoms with Crippen molar-refractivity contribution < 1.29 is 36.3 Å². The molecule has 0 aromatic heterocycles. The quantitative estimate of drug-likeness (QED) is 0.515. The zero-order valence-electron chi connectivity index (χ0n) is 15.8. The average molecular weight is 499 g/mol. The van der Waals surface area contributed by atoms with E-state index in [1.54, 1.807) is 5.32 Å². The summed E-state index contributed by atoms with van der Waals surface area (Å²) in [5.74, 6) is -2.05. The third kappa shape index (κ3) is 5.29. The SMILES string of the molecule is CC(=O)c1ccc(NS(=O)(=O)c2ccc(NC(=O)[C@@](C)(O)C(F)(F)F)c(Cl)c2Cl)cc1. The van der Waals surface area contributed by atoms with E-state index in [4.69, 9.17) is 23.2 Å². The van der Waals surface area contributed by atoms with Gasteiger partial charge in [0.2, 0.25) is 5.60 Å². The lowest BCUT2D eigenvalue weighted by atomic mass is 10.1. The van der Waals surface area contributed by atoms with E-state index in [0.29, 0.717) is 5.56 Å². The maximum atomic E-state index is 12.8. The Labute approximate surface area is 185 Å². The van der Waals surface area contributed by atoms with Crippen LogP contribution in [-0.4, -0.2) is 37.0 Å². The second kappa shape index (κ2) is 8.65. The van der Waals surface area contributed by atoms with Crippen molar-refractivity contribution in [1.29, 1.82) is 0 Å². The number of Topliss-reactive ketones (excluding diaryl/α,β-unsaturated/α-hetero) is 1. The van der Waals surface area contributed by atoms with Gasteiger partial charge in [0.1, 0.15) is 4.90 Å². The minimum atomic E-state index is -5.27. The number of halogens is 5. The zero-order valence-corrected chi connectivity index (χ0v) is 18.2. The lowest BCUT2D eigenvalue weighted by Gasteiger charge is -2.25. The highest BCUT2D eigenvalue weighted by Crippen LogP contribution is 2.37. The Hall–Kier alpha value is -2.34. The predicted octanol–water partition coefficient (Wildman–Crippen LogP) is 4.25. The molecule has 0 fully saturated rings. The van der Waals surface area contributed by atoms with Gasteiger partial charge in [0.15, 0.2) is 5.78 Å². The molecule has 1 atom stereocenters. The number of nitrogens with one attached hydrogen (secondary N) is 2. The molecule has 0 aliphatic rings. The molecule has 0 aliphatic heterocycles. The Balaban J connectivity index is 2.32. The van der Waals surface area contributed by atoms with Crippen LogP contribution in [0.15, 0.2) is 41.3 Å². The lowest BCUT2D eigenvalue weighted by Crippen LogP contribution is -2.52. The third-order valence-electron chi connectivity index (χ3n) is 4.12. The first-order valence-electron chi connectivity index (χ1n) is 8.30. The monoisotopic (exact) mass is 498 g/mol. The highest BCUT2D eigenvalue weighted by molar-refractivity contribution is 7.92. The number of hydrogen-bond donors (Lipinski definition) is 3. The standard InChI is InChI=1S/C18H15Cl2F3N2O5S/c1-9(26)10-3-5-11(6-4-10)25-31(29,30)13-8-7-12(14(19)15(13)20)24-16(27)17(2,28)18(21,22)23/h3-8,25,28H,1-2H3,(H,24,27)/t17-/m1/s1. The number of sulfonamides is 1. The molecule has 0 aliphatic carbocycles. The van der Waals surface area contributed by atoms with Crippen LogP contribution in [-0.2, 0) is 14.8 Å². The van der Waals surface area contributed by atoms with Gasteiger partial charge in [-0.25, -0.2) is 8.42 Å². The van der Waals surface area contributed by atoms with Crippen LogP contribution in [0.4, 0.5) is 24.5 Å². The second-order valence-electron chi connectivity index (χ2n) is 6.50. The molecule has 13 heteroatoms. The number of amides is 1. The van der Waals surface area contributed by atoms with Crippen molar-refractivity contribution >= 4 is 56.3 Å². The van der Waals surface area contributed by atoms with Gasteiger partial charge in [0, 0.05) is 11.3 Å². The molecular weight excluding hydrogens is 484 g/mol. The Morgan fingerprint density at radius 2 is 1.55 bits per heavy atom. The van der Waals surface area contributed by atoms with Crippen molar-refractivity contribution in [2.75, 3.05) is 10.0 Å². The van der Waals surface area contributed by atoms with Gasteiger partial charge in [-0.1, -0.05) is 23.2 Å². The molecule has 1 amide bonds. The van der Waals surface area contributed by atoms with Crippen molar-refractivity contribution in [2.45, 2.75) is 30.5 Å². The van der Waals surface area contributed by atoms with E-state index in [-0.39, 0.29) is 18.4 Å². The Morgan fingerprint density at radius 3 is 2.03 bits per heavy atom. The van der Waals surface area contributed by atoms with Crippen LogP contribution in [0.25, 0.3) is 0 Å². The van der Waals surface area contributed by atoms with Crippen LogP contribution < -0.4 is 10.0 Å². The van der Waals surface area contributed by atoms with Gasteiger partial charge in [-0.2, -0.15) is 13.2 Å². The number of hydrogen-bond acceptors (Lipinski definition) is 5. The molecule has 3 N–H and O–H groups in total. The van der Waals surface area contributed by atoms with Crippen molar-refractivity contribution in [3.05, 3.63) is 52.0 Å². The van der Waals surface area contributed by atoms with Crippen LogP contribution in [0, 0.1) is 0 Å². The van der Waals surface area contributed by atoms with Crippen LogP contribution in [0.3, 0.4) is 0 Å². The van der Waals surface area contributed by atoms with Gasteiger partial charge in [0.25, 0.3) is 15.9 Å². The van der Waals surface area contributed by atoms with E-state index in [9.17, 15) is 36.3 Å². The van der Waals surface area contributed by atoms with Gasteiger partial charge in [0.05, 0.1) is 15.7 Å². The zero-order chi connectivity index (χ0) is 23.8. The topological polar surface area (TPSA) is 113 Å². The number of ketones is 1. The van der Waals surface area contributed by atoms with Crippen molar-refractivity contribution in [1.82, 2.24) is 0 Å². The van der Waals surface area contributed by atoms with Gasteiger partial charge in [-0.05, 0) is 50.2 Å². The van der Waals surface area contributed by atoms with Gasteiger partial charge >= 0.3 is 6.18 Å². The molecule has 0 spiro atoms. The van der Waals surface area contributed by atoms with Crippen LogP contribution in [0.1, 0.15) is 24.2 Å². The fourth-order valence-electron chi connectivity index (χ4n) is 2.19. The maximum Gasteiger partial charge on any atom is 0.426 e. The number of carbonyl (C=O) groups is 2. The predicted molar refractivity (Wildman–Crippen MR) is 109 cm³/mol. The Kier molecular flexibility index (Phi) is 6.96. The number of carbonyl (C=O) groups excluding carboxylic acids is 2. The van der Waals surface area contributed by atoms with Crippen molar-refractivity contribution in [3.8, 4) is 0 Å². The lowest BCUT2D eigenvalue weighted by molar-refractivity contribution is -0.242. The average Bonchev–Trinajstić information content (AvgIpc) is 2.64. The molecular formula is C18H15Cl2F3N2O5S. The Bertz CT molecular complexity index is 1130. The number of anilines is 2. The van der Waals surface area contributed by atoms with Gasteiger partial charge < -0.3 is 10.4 Å². The number of alkyl halides is 3. The summed E-state index contributed by atoms with van der Waals surface area (Å²) in [5.41, 5.74) is -3.69. The minimum Gasteiger partial charge on any atom is -0.373 e. The van der Waals surface area contributed by atoms with Crippen molar-refractivity contribution in [3.63, 3.8) is 0 Å². The molecule has 7 nitrogen and oxygen atoms in total. The van der Waals surface area contributed by atoms with E-state index < -0.39 is 48.3 Å². The summed E-state index contributed by atoms with van der Waals surface area (Å²) in [5, 5.41) is 10.0. The highest BCUT2D eigenvalue weighted by atomic mass is 35.5. The summed E-state index contributed by atoms with van der Waals surface area (Å²) in [6, 6.07) is 7.33. The smallest absolute Gasteiger partial charge is 0.373 e. The first-order chi connectivity index (χ1) is 14.1. The third-order valence-corrected chi connectivity index (χ3v) is 6.54. The van der Waals surface area contributed by atoms with Crippen LogP contribution in [0.5, 0.6) is 0 Å². The van der Waals surface area contributed by atoms with E-state index >= 15 is 0 Å². The largest absolute Gasteiger partial charge is 0.426 e. The summed E-state index contributed by atoms with van der Waals surface area (Å²) in [7, 11) is -4.29. The number of rotatable bonds is 6. The molecule has 0 bridgehead atoms.